The molecule has 0 saturated heterocycles. The summed E-state index contributed by atoms with van der Waals surface area (Å²) in [5, 5.41) is 9.61. The summed E-state index contributed by atoms with van der Waals surface area (Å²) >= 11 is 4.75. The van der Waals surface area contributed by atoms with E-state index in [1.165, 1.54) is 77.0 Å². The molecular weight excluding hydrogens is 312 g/mol. The lowest BCUT2D eigenvalue weighted by Crippen LogP contribution is -2.35. The Morgan fingerprint density at radius 2 is 1.38 bits per heavy atom. The van der Waals surface area contributed by atoms with Gasteiger partial charge in [0, 0.05) is 4.75 Å². The highest BCUT2D eigenvalue weighted by molar-refractivity contribution is 7.81. The molecule has 24 heavy (non-hydrogen) atoms. The third-order valence-corrected chi connectivity index (χ3v) is 6.28. The van der Waals surface area contributed by atoms with Crippen molar-refractivity contribution in [1.82, 2.24) is 0 Å². The van der Waals surface area contributed by atoms with Crippen LogP contribution in [-0.4, -0.2) is 16.5 Å². The lowest BCUT2D eigenvalue weighted by molar-refractivity contribution is 0.188. The van der Waals surface area contributed by atoms with E-state index >= 15 is 0 Å². The number of thiol groups is 1. The van der Waals surface area contributed by atoms with Crippen molar-refractivity contribution in [3.8, 4) is 0 Å². The number of aliphatic hydroxyl groups excluding tert-OH is 1. The molecule has 1 N–H and O–H groups in total. The van der Waals surface area contributed by atoms with Gasteiger partial charge in [0.2, 0.25) is 0 Å². The first-order valence-electron chi connectivity index (χ1n) is 10.6. The number of rotatable bonds is 17. The van der Waals surface area contributed by atoms with Gasteiger partial charge in [0.15, 0.2) is 0 Å². The fourth-order valence-electron chi connectivity index (χ4n) is 3.49. The van der Waals surface area contributed by atoms with Gasteiger partial charge < -0.3 is 5.11 Å². The predicted octanol–water partition coefficient (Wildman–Crippen LogP) is 7.34. The second-order valence-electron chi connectivity index (χ2n) is 7.39. The molecule has 0 rings (SSSR count). The Morgan fingerprint density at radius 3 is 1.88 bits per heavy atom. The monoisotopic (exact) mass is 356 g/mol. The van der Waals surface area contributed by atoms with Crippen molar-refractivity contribution in [3.05, 3.63) is 12.2 Å². The van der Waals surface area contributed by atoms with E-state index in [1.807, 2.05) is 0 Å². The largest absolute Gasteiger partial charge is 0.395 e. The summed E-state index contributed by atoms with van der Waals surface area (Å²) in [5.74, 6) is 0.541. The minimum atomic E-state index is -0.175. The van der Waals surface area contributed by atoms with Crippen molar-refractivity contribution in [3.63, 3.8) is 0 Å². The minimum absolute atomic E-state index is 0.175. The van der Waals surface area contributed by atoms with Gasteiger partial charge >= 0.3 is 0 Å². The molecule has 144 valence electrons. The third kappa shape index (κ3) is 11.6. The van der Waals surface area contributed by atoms with Gasteiger partial charge in [0.1, 0.15) is 0 Å². The predicted molar refractivity (Wildman–Crippen MR) is 113 cm³/mol. The van der Waals surface area contributed by atoms with E-state index in [1.54, 1.807) is 0 Å². The fourth-order valence-corrected chi connectivity index (χ4v) is 3.80. The molecule has 2 unspecified atom stereocenters. The van der Waals surface area contributed by atoms with E-state index in [0.717, 1.165) is 12.8 Å². The van der Waals surface area contributed by atoms with E-state index in [2.05, 4.69) is 32.9 Å². The maximum atomic E-state index is 9.61. The Morgan fingerprint density at radius 1 is 0.833 bits per heavy atom. The van der Waals surface area contributed by atoms with Crippen LogP contribution in [0.1, 0.15) is 111 Å². The Kier molecular flexibility index (Phi) is 16.5. The SMILES string of the molecule is CCCCCCCCC=CCCCCCC(CC)C(S)(CC)CO. The maximum absolute atomic E-state index is 9.61. The van der Waals surface area contributed by atoms with Gasteiger partial charge in [-0.1, -0.05) is 84.3 Å². The molecule has 0 saturated carbocycles. The third-order valence-electron chi connectivity index (χ3n) is 5.45. The second-order valence-corrected chi connectivity index (χ2v) is 8.28. The summed E-state index contributed by atoms with van der Waals surface area (Å²) in [4.78, 5) is 0. The smallest absolute Gasteiger partial charge is 0.0578 e. The van der Waals surface area contributed by atoms with Crippen molar-refractivity contribution in [2.75, 3.05) is 6.61 Å². The van der Waals surface area contributed by atoms with Gasteiger partial charge in [0.25, 0.3) is 0 Å². The van der Waals surface area contributed by atoms with Crippen LogP contribution in [0.2, 0.25) is 0 Å². The zero-order chi connectivity index (χ0) is 18.1. The van der Waals surface area contributed by atoms with Crippen LogP contribution in [-0.2, 0) is 0 Å². The number of hydrogen-bond acceptors (Lipinski definition) is 2. The molecule has 0 spiro atoms. The summed E-state index contributed by atoms with van der Waals surface area (Å²) in [6.07, 6.45) is 22.7. The molecule has 0 aromatic rings. The Labute approximate surface area is 158 Å². The maximum Gasteiger partial charge on any atom is 0.0578 e. The minimum Gasteiger partial charge on any atom is -0.395 e. The van der Waals surface area contributed by atoms with Crippen LogP contribution in [0.25, 0.3) is 0 Å². The van der Waals surface area contributed by atoms with Crippen LogP contribution in [0.15, 0.2) is 12.2 Å². The molecule has 0 heterocycles. The number of aliphatic hydroxyl groups is 1. The van der Waals surface area contributed by atoms with E-state index in [0.29, 0.717) is 5.92 Å². The van der Waals surface area contributed by atoms with E-state index in [-0.39, 0.29) is 11.4 Å². The summed E-state index contributed by atoms with van der Waals surface area (Å²) in [5.41, 5.74) is 0. The molecule has 0 radical (unpaired) electrons. The molecule has 2 atom stereocenters. The van der Waals surface area contributed by atoms with Crippen molar-refractivity contribution in [2.24, 2.45) is 5.92 Å². The lowest BCUT2D eigenvalue weighted by atomic mass is 9.83. The summed E-state index contributed by atoms with van der Waals surface area (Å²) in [6, 6.07) is 0. The van der Waals surface area contributed by atoms with Crippen molar-refractivity contribution in [1.29, 1.82) is 0 Å². The summed E-state index contributed by atoms with van der Waals surface area (Å²) < 4.78 is -0.175. The van der Waals surface area contributed by atoms with Crippen LogP contribution in [0.4, 0.5) is 0 Å². The van der Waals surface area contributed by atoms with E-state index in [4.69, 9.17) is 12.6 Å². The standard InChI is InChI=1S/C22H44OS/c1-4-7-8-9-10-11-12-13-14-15-16-17-18-19-21(5-2)22(24,6-3)20-23/h13-14,21,23-24H,4-12,15-20H2,1-3H3. The Balaban J connectivity index is 3.57. The molecule has 0 amide bonds. The highest BCUT2D eigenvalue weighted by atomic mass is 32.1. The summed E-state index contributed by atoms with van der Waals surface area (Å²) in [6.45, 7) is 6.84. The molecule has 0 aliphatic heterocycles. The zero-order valence-corrected chi connectivity index (χ0v) is 17.6. The highest BCUT2D eigenvalue weighted by Gasteiger charge is 2.31. The first-order chi connectivity index (χ1) is 11.6. The zero-order valence-electron chi connectivity index (χ0n) is 16.7. The molecule has 0 bridgehead atoms. The Hall–Kier alpha value is 0.0500. The van der Waals surface area contributed by atoms with Gasteiger partial charge in [-0.3, -0.25) is 0 Å². The molecular formula is C22H44OS. The van der Waals surface area contributed by atoms with E-state index < -0.39 is 0 Å². The molecule has 0 fully saturated rings. The summed E-state index contributed by atoms with van der Waals surface area (Å²) in [7, 11) is 0. The van der Waals surface area contributed by atoms with Gasteiger partial charge in [0.05, 0.1) is 6.61 Å². The topological polar surface area (TPSA) is 20.2 Å². The second kappa shape index (κ2) is 16.5. The normalized spacial score (nSPS) is 15.7. The average Bonchev–Trinajstić information content (AvgIpc) is 2.61. The van der Waals surface area contributed by atoms with Crippen LogP contribution in [0.5, 0.6) is 0 Å². The van der Waals surface area contributed by atoms with Crippen molar-refractivity contribution >= 4 is 12.6 Å². The first kappa shape index (κ1) is 24.1. The molecule has 0 aliphatic carbocycles. The van der Waals surface area contributed by atoms with Crippen LogP contribution < -0.4 is 0 Å². The van der Waals surface area contributed by atoms with Crippen molar-refractivity contribution < 1.29 is 5.11 Å². The molecule has 1 nitrogen and oxygen atoms in total. The van der Waals surface area contributed by atoms with Crippen LogP contribution in [0.3, 0.4) is 0 Å². The number of unbranched alkanes of at least 4 members (excludes halogenated alkanes) is 9. The van der Waals surface area contributed by atoms with Crippen molar-refractivity contribution in [2.45, 2.75) is 115 Å². The van der Waals surface area contributed by atoms with E-state index in [9.17, 15) is 5.11 Å². The lowest BCUT2D eigenvalue weighted by Gasteiger charge is -2.34. The molecule has 0 aromatic heterocycles. The number of allylic oxidation sites excluding steroid dienone is 2. The van der Waals surface area contributed by atoms with Gasteiger partial charge in [-0.05, 0) is 44.4 Å². The molecule has 2 heteroatoms. The van der Waals surface area contributed by atoms with Gasteiger partial charge in [-0.15, -0.1) is 0 Å². The van der Waals surface area contributed by atoms with Gasteiger partial charge in [-0.2, -0.15) is 12.6 Å². The van der Waals surface area contributed by atoms with Gasteiger partial charge in [-0.25, -0.2) is 0 Å². The average molecular weight is 357 g/mol. The quantitative estimate of drug-likeness (QED) is 0.159. The Bertz CT molecular complexity index is 284. The molecule has 0 aromatic carbocycles. The number of hydrogen-bond donors (Lipinski definition) is 2. The first-order valence-corrected chi connectivity index (χ1v) is 11.1. The highest BCUT2D eigenvalue weighted by Crippen LogP contribution is 2.34. The fraction of sp³-hybridized carbons (Fsp3) is 0.909. The van der Waals surface area contributed by atoms with Crippen LogP contribution in [0, 0.1) is 5.92 Å². The van der Waals surface area contributed by atoms with Crippen LogP contribution >= 0.6 is 12.6 Å². The molecule has 0 aliphatic rings.